The van der Waals surface area contributed by atoms with Crippen LogP contribution in [0.25, 0.3) is 0 Å². The van der Waals surface area contributed by atoms with E-state index in [4.69, 9.17) is 0 Å². The number of nitrogens with one attached hydrogen (secondary N) is 2. The Hall–Kier alpha value is -2.11. The lowest BCUT2D eigenvalue weighted by Crippen LogP contribution is -2.51. The maximum absolute atomic E-state index is 12.9. The van der Waals surface area contributed by atoms with Crippen LogP contribution in [-0.2, 0) is 11.2 Å². The Bertz CT molecular complexity index is 588. The van der Waals surface area contributed by atoms with Crippen molar-refractivity contribution in [3.8, 4) is 0 Å². The van der Waals surface area contributed by atoms with Crippen molar-refractivity contribution in [3.63, 3.8) is 0 Å². The Morgan fingerprint density at radius 2 is 1.76 bits per heavy atom. The van der Waals surface area contributed by atoms with Crippen LogP contribution in [0.1, 0.15) is 39.2 Å². The van der Waals surface area contributed by atoms with Crippen molar-refractivity contribution >= 4 is 11.9 Å². The highest BCUT2D eigenvalue weighted by molar-refractivity contribution is 5.78. The van der Waals surface area contributed by atoms with Gasteiger partial charge in [0.05, 0.1) is 6.42 Å². The number of amides is 3. The zero-order valence-corrected chi connectivity index (χ0v) is 15.3. The van der Waals surface area contributed by atoms with E-state index in [0.29, 0.717) is 25.6 Å². The van der Waals surface area contributed by atoms with Gasteiger partial charge < -0.3 is 15.5 Å². The number of piperidine rings is 1. The van der Waals surface area contributed by atoms with Crippen molar-refractivity contribution in [2.45, 2.75) is 45.6 Å². The molecule has 0 saturated carbocycles. The molecule has 6 heteroatoms. The van der Waals surface area contributed by atoms with E-state index in [2.05, 4.69) is 10.6 Å². The van der Waals surface area contributed by atoms with Gasteiger partial charge in [-0.3, -0.25) is 4.79 Å². The fourth-order valence-electron chi connectivity index (χ4n) is 2.85. The number of rotatable bonds is 4. The Balaban J connectivity index is 1.69. The van der Waals surface area contributed by atoms with Gasteiger partial charge in [-0.2, -0.15) is 0 Å². The predicted molar refractivity (Wildman–Crippen MR) is 95.7 cm³/mol. The van der Waals surface area contributed by atoms with Crippen LogP contribution in [0.5, 0.6) is 0 Å². The molecule has 5 nitrogen and oxygen atoms in total. The SMILES string of the molecule is CC(C)(C)NC(=O)N1CCC(CNC(=O)Cc2ccc(F)cc2)CC1. The van der Waals surface area contributed by atoms with Crippen LogP contribution in [0.4, 0.5) is 9.18 Å². The van der Waals surface area contributed by atoms with Crippen LogP contribution in [0.2, 0.25) is 0 Å². The lowest BCUT2D eigenvalue weighted by molar-refractivity contribution is -0.120. The molecule has 25 heavy (non-hydrogen) atoms. The van der Waals surface area contributed by atoms with Gasteiger partial charge in [-0.25, -0.2) is 9.18 Å². The molecule has 0 unspecified atom stereocenters. The van der Waals surface area contributed by atoms with Gasteiger partial charge in [-0.15, -0.1) is 0 Å². The van der Waals surface area contributed by atoms with Crippen LogP contribution >= 0.6 is 0 Å². The molecule has 1 aliphatic heterocycles. The number of likely N-dealkylation sites (tertiary alicyclic amines) is 1. The second-order valence-corrected chi connectivity index (χ2v) is 7.72. The first-order valence-electron chi connectivity index (χ1n) is 8.81. The predicted octanol–water partition coefficient (Wildman–Crippen LogP) is 2.70. The molecule has 0 radical (unpaired) electrons. The fourth-order valence-corrected chi connectivity index (χ4v) is 2.85. The normalized spacial score (nSPS) is 15.8. The first-order valence-corrected chi connectivity index (χ1v) is 8.81. The van der Waals surface area contributed by atoms with E-state index in [1.807, 2.05) is 25.7 Å². The van der Waals surface area contributed by atoms with Crippen molar-refractivity contribution in [3.05, 3.63) is 35.6 Å². The lowest BCUT2D eigenvalue weighted by Gasteiger charge is -2.34. The quantitative estimate of drug-likeness (QED) is 0.878. The molecule has 3 amide bonds. The largest absolute Gasteiger partial charge is 0.356 e. The molecule has 0 aromatic heterocycles. The molecule has 1 aliphatic rings. The monoisotopic (exact) mass is 349 g/mol. The lowest BCUT2D eigenvalue weighted by atomic mass is 9.96. The number of benzene rings is 1. The zero-order valence-electron chi connectivity index (χ0n) is 15.3. The summed E-state index contributed by atoms with van der Waals surface area (Å²) in [7, 11) is 0. The highest BCUT2D eigenvalue weighted by Gasteiger charge is 2.25. The minimum absolute atomic E-state index is 0.0219. The second kappa shape index (κ2) is 8.32. The third-order valence-corrected chi connectivity index (χ3v) is 4.25. The van der Waals surface area contributed by atoms with Gasteiger partial charge in [0.1, 0.15) is 5.82 Å². The van der Waals surface area contributed by atoms with Gasteiger partial charge in [0.2, 0.25) is 5.91 Å². The standard InChI is InChI=1S/C19H28FN3O2/c1-19(2,3)22-18(25)23-10-8-15(9-11-23)13-21-17(24)12-14-4-6-16(20)7-5-14/h4-7,15H,8-13H2,1-3H3,(H,21,24)(H,22,25). The third-order valence-electron chi connectivity index (χ3n) is 4.25. The molecule has 0 bridgehead atoms. The van der Waals surface area contributed by atoms with Crippen LogP contribution in [0, 0.1) is 11.7 Å². The van der Waals surface area contributed by atoms with Crippen LogP contribution < -0.4 is 10.6 Å². The Morgan fingerprint density at radius 1 is 1.16 bits per heavy atom. The van der Waals surface area contributed by atoms with Crippen molar-refractivity contribution in [2.75, 3.05) is 19.6 Å². The number of halogens is 1. The van der Waals surface area contributed by atoms with Crippen molar-refractivity contribution < 1.29 is 14.0 Å². The third kappa shape index (κ3) is 6.72. The summed E-state index contributed by atoms with van der Waals surface area (Å²) in [6, 6.07) is 5.95. The van der Waals surface area contributed by atoms with Crippen molar-refractivity contribution in [2.24, 2.45) is 5.92 Å². The highest BCUT2D eigenvalue weighted by Crippen LogP contribution is 2.17. The van der Waals surface area contributed by atoms with Gasteiger partial charge in [0.25, 0.3) is 0 Å². The minimum Gasteiger partial charge on any atom is -0.356 e. The Labute approximate surface area is 149 Å². The number of carbonyl (C=O) groups is 2. The topological polar surface area (TPSA) is 61.4 Å². The molecule has 1 saturated heterocycles. The van der Waals surface area contributed by atoms with Crippen LogP contribution in [0.3, 0.4) is 0 Å². The minimum atomic E-state index is -0.300. The molecule has 138 valence electrons. The summed E-state index contributed by atoms with van der Waals surface area (Å²) >= 11 is 0. The van der Waals surface area contributed by atoms with Gasteiger partial charge >= 0.3 is 6.03 Å². The number of urea groups is 1. The molecular formula is C19H28FN3O2. The molecule has 2 rings (SSSR count). The molecule has 0 spiro atoms. The fraction of sp³-hybridized carbons (Fsp3) is 0.579. The van der Waals surface area contributed by atoms with Gasteiger partial charge in [-0.05, 0) is 57.2 Å². The molecule has 0 atom stereocenters. The highest BCUT2D eigenvalue weighted by atomic mass is 19.1. The first-order chi connectivity index (χ1) is 11.7. The van der Waals surface area contributed by atoms with E-state index in [1.54, 1.807) is 12.1 Å². The van der Waals surface area contributed by atoms with Crippen LogP contribution in [-0.4, -0.2) is 42.0 Å². The number of nitrogens with zero attached hydrogens (tertiary/aromatic N) is 1. The summed E-state index contributed by atoms with van der Waals surface area (Å²) in [5, 5.41) is 5.92. The van der Waals surface area contributed by atoms with E-state index < -0.39 is 0 Å². The molecule has 1 aromatic rings. The van der Waals surface area contributed by atoms with E-state index in [1.165, 1.54) is 12.1 Å². The average molecular weight is 349 g/mol. The van der Waals surface area contributed by atoms with E-state index in [0.717, 1.165) is 18.4 Å². The maximum atomic E-state index is 12.9. The molecular weight excluding hydrogens is 321 g/mol. The molecule has 2 N–H and O–H groups in total. The van der Waals surface area contributed by atoms with Gasteiger partial charge in [0, 0.05) is 25.2 Å². The van der Waals surface area contributed by atoms with Crippen molar-refractivity contribution in [1.82, 2.24) is 15.5 Å². The van der Waals surface area contributed by atoms with Gasteiger partial charge in [-0.1, -0.05) is 12.1 Å². The molecule has 1 aromatic carbocycles. The van der Waals surface area contributed by atoms with E-state index >= 15 is 0 Å². The van der Waals surface area contributed by atoms with Crippen LogP contribution in [0.15, 0.2) is 24.3 Å². The van der Waals surface area contributed by atoms with E-state index in [9.17, 15) is 14.0 Å². The smallest absolute Gasteiger partial charge is 0.317 e. The first kappa shape index (κ1) is 19.2. The maximum Gasteiger partial charge on any atom is 0.317 e. The summed E-state index contributed by atoms with van der Waals surface area (Å²) in [5.41, 5.74) is 0.565. The number of hydrogen-bond donors (Lipinski definition) is 2. The molecule has 1 heterocycles. The summed E-state index contributed by atoms with van der Waals surface area (Å²) < 4.78 is 12.9. The molecule has 1 fully saturated rings. The Morgan fingerprint density at radius 3 is 2.32 bits per heavy atom. The summed E-state index contributed by atoms with van der Waals surface area (Å²) in [4.78, 5) is 26.0. The number of hydrogen-bond acceptors (Lipinski definition) is 2. The van der Waals surface area contributed by atoms with E-state index in [-0.39, 0.29) is 29.7 Å². The zero-order chi connectivity index (χ0) is 18.4. The Kier molecular flexibility index (Phi) is 6.39. The number of carbonyl (C=O) groups excluding carboxylic acids is 2. The average Bonchev–Trinajstić information content (AvgIpc) is 2.54. The molecule has 0 aliphatic carbocycles. The summed E-state index contributed by atoms with van der Waals surface area (Å²) in [6.07, 6.45) is 2.02. The summed E-state index contributed by atoms with van der Waals surface area (Å²) in [5.74, 6) is 0.0294. The van der Waals surface area contributed by atoms with Gasteiger partial charge in [0.15, 0.2) is 0 Å². The van der Waals surface area contributed by atoms with Crippen molar-refractivity contribution in [1.29, 1.82) is 0 Å². The second-order valence-electron chi connectivity index (χ2n) is 7.72. The summed E-state index contributed by atoms with van der Waals surface area (Å²) in [6.45, 7) is 7.94.